The van der Waals surface area contributed by atoms with Crippen LogP contribution in [0.3, 0.4) is 0 Å². The Bertz CT molecular complexity index is 799. The van der Waals surface area contributed by atoms with E-state index in [4.69, 9.17) is 16.3 Å². The number of nitrogens with one attached hydrogen (secondary N) is 1. The summed E-state index contributed by atoms with van der Waals surface area (Å²) in [5.74, 6) is 0.384. The number of aryl methyl sites for hydroxylation is 3. The van der Waals surface area contributed by atoms with E-state index >= 15 is 0 Å². The summed E-state index contributed by atoms with van der Waals surface area (Å²) in [4.78, 5) is 15.4. The maximum Gasteiger partial charge on any atom is 0.354 e. The van der Waals surface area contributed by atoms with E-state index in [0.717, 1.165) is 11.1 Å². The highest BCUT2D eigenvalue weighted by atomic mass is 35.5. The van der Waals surface area contributed by atoms with Gasteiger partial charge in [-0.1, -0.05) is 18.5 Å². The molecule has 0 saturated heterocycles. The highest BCUT2D eigenvalue weighted by molar-refractivity contribution is 6.30. The smallest absolute Gasteiger partial charge is 0.354 e. The largest absolute Gasteiger partial charge is 0.433 e. The first-order valence-electron chi connectivity index (χ1n) is 8.24. The van der Waals surface area contributed by atoms with Crippen molar-refractivity contribution >= 4 is 23.0 Å². The van der Waals surface area contributed by atoms with Crippen molar-refractivity contribution in [2.45, 2.75) is 40.2 Å². The number of nitro groups is 1. The molecule has 2 aromatic rings. The quantitative estimate of drug-likeness (QED) is 0.541. The van der Waals surface area contributed by atoms with Gasteiger partial charge >= 0.3 is 11.6 Å². The lowest BCUT2D eigenvalue weighted by Crippen LogP contribution is -2.23. The summed E-state index contributed by atoms with van der Waals surface area (Å²) in [7, 11) is 0. The van der Waals surface area contributed by atoms with E-state index in [2.05, 4.69) is 10.3 Å². The van der Waals surface area contributed by atoms with Gasteiger partial charge in [0.15, 0.2) is 0 Å². The summed E-state index contributed by atoms with van der Waals surface area (Å²) in [6, 6.07) is 4.72. The molecule has 1 aromatic carbocycles. The molecule has 140 valence electrons. The van der Waals surface area contributed by atoms with Crippen LogP contribution in [-0.2, 0) is 0 Å². The summed E-state index contributed by atoms with van der Waals surface area (Å²) in [5.41, 5.74) is 2.07. The van der Waals surface area contributed by atoms with Gasteiger partial charge < -0.3 is 15.2 Å². The predicted octanol–water partition coefficient (Wildman–Crippen LogP) is 4.54. The number of benzene rings is 1. The zero-order valence-corrected chi connectivity index (χ0v) is 15.9. The third-order valence-electron chi connectivity index (χ3n) is 3.97. The molecular formula is C18H22ClN3O4. The lowest BCUT2D eigenvalue weighted by Gasteiger charge is -2.18. The fourth-order valence-electron chi connectivity index (χ4n) is 2.65. The molecule has 1 aromatic heterocycles. The van der Waals surface area contributed by atoms with Crippen molar-refractivity contribution in [3.05, 3.63) is 50.2 Å². The Morgan fingerprint density at radius 1 is 1.31 bits per heavy atom. The van der Waals surface area contributed by atoms with Gasteiger partial charge in [0.2, 0.25) is 0 Å². The number of anilines is 1. The molecule has 0 spiro atoms. The third kappa shape index (κ3) is 4.42. The van der Waals surface area contributed by atoms with Crippen LogP contribution in [0, 0.1) is 30.9 Å². The first kappa shape index (κ1) is 19.9. The van der Waals surface area contributed by atoms with Crippen LogP contribution >= 0.6 is 11.6 Å². The molecule has 26 heavy (non-hydrogen) atoms. The molecule has 7 nitrogen and oxygen atoms in total. The fourth-order valence-corrected chi connectivity index (χ4v) is 2.97. The zero-order valence-electron chi connectivity index (χ0n) is 15.2. The van der Waals surface area contributed by atoms with Crippen molar-refractivity contribution in [2.75, 3.05) is 11.9 Å². The molecule has 1 heterocycles. The minimum atomic E-state index is -0.533. The molecule has 2 rings (SSSR count). The van der Waals surface area contributed by atoms with E-state index in [-0.39, 0.29) is 29.9 Å². The van der Waals surface area contributed by atoms with Crippen molar-refractivity contribution in [3.8, 4) is 11.6 Å². The van der Waals surface area contributed by atoms with Gasteiger partial charge in [-0.25, -0.2) is 4.98 Å². The van der Waals surface area contributed by atoms with Crippen molar-refractivity contribution in [1.29, 1.82) is 0 Å². The van der Waals surface area contributed by atoms with E-state index in [1.54, 1.807) is 25.1 Å². The second-order valence-electron chi connectivity index (χ2n) is 6.12. The SMILES string of the molecule is CCC(CO)Nc1cc(C)nc(Oc2c(C)cc(Cl)cc2C)c1[N+](=O)[O-]. The molecule has 0 radical (unpaired) electrons. The molecule has 0 aliphatic rings. The molecular weight excluding hydrogens is 358 g/mol. The van der Waals surface area contributed by atoms with E-state index < -0.39 is 4.92 Å². The number of nitrogens with zero attached hydrogens (tertiary/aromatic N) is 2. The van der Waals surface area contributed by atoms with Crippen LogP contribution in [0.2, 0.25) is 5.02 Å². The normalized spacial score (nSPS) is 11.9. The van der Waals surface area contributed by atoms with Crippen molar-refractivity contribution < 1.29 is 14.8 Å². The Hall–Kier alpha value is -2.38. The minimum Gasteiger partial charge on any atom is -0.433 e. The minimum absolute atomic E-state index is 0.0983. The molecule has 0 amide bonds. The molecule has 1 atom stereocenters. The Labute approximate surface area is 157 Å². The standard InChI is InChI=1S/C18H22ClN3O4/c1-5-14(9-23)21-15-8-12(4)20-18(16(15)22(24)25)26-17-10(2)6-13(19)7-11(17)3/h6-8,14,23H,5,9H2,1-4H3,(H,20,21). The Kier molecular flexibility index (Phi) is 6.39. The second-order valence-corrected chi connectivity index (χ2v) is 6.56. The van der Waals surface area contributed by atoms with Gasteiger partial charge in [0.05, 0.1) is 11.5 Å². The summed E-state index contributed by atoms with van der Waals surface area (Å²) < 4.78 is 5.84. The Morgan fingerprint density at radius 2 is 1.92 bits per heavy atom. The number of aliphatic hydroxyl groups excluding tert-OH is 1. The lowest BCUT2D eigenvalue weighted by molar-refractivity contribution is -0.385. The van der Waals surface area contributed by atoms with E-state index in [0.29, 0.717) is 22.9 Å². The molecule has 0 saturated carbocycles. The van der Waals surface area contributed by atoms with Gasteiger partial charge in [-0.2, -0.15) is 0 Å². The predicted molar refractivity (Wildman–Crippen MR) is 101 cm³/mol. The van der Waals surface area contributed by atoms with Gasteiger partial charge in [-0.05, 0) is 56.5 Å². The monoisotopic (exact) mass is 379 g/mol. The lowest BCUT2D eigenvalue weighted by atomic mass is 10.1. The van der Waals surface area contributed by atoms with E-state index in [1.165, 1.54) is 0 Å². The van der Waals surface area contributed by atoms with Gasteiger partial charge in [0, 0.05) is 16.8 Å². The zero-order chi connectivity index (χ0) is 19.4. The molecule has 2 N–H and O–H groups in total. The molecule has 0 aliphatic heterocycles. The number of ether oxygens (including phenoxy) is 1. The maximum absolute atomic E-state index is 11.7. The average Bonchev–Trinajstić information content (AvgIpc) is 2.55. The number of pyridine rings is 1. The molecule has 0 fully saturated rings. The van der Waals surface area contributed by atoms with Crippen LogP contribution in [-0.4, -0.2) is 27.7 Å². The number of rotatable bonds is 7. The van der Waals surface area contributed by atoms with Gasteiger partial charge in [0.1, 0.15) is 11.4 Å². The number of aromatic nitrogens is 1. The number of hydrogen-bond donors (Lipinski definition) is 2. The number of hydrogen-bond acceptors (Lipinski definition) is 6. The fraction of sp³-hybridized carbons (Fsp3) is 0.389. The first-order valence-corrected chi connectivity index (χ1v) is 8.62. The van der Waals surface area contributed by atoms with Crippen LogP contribution in [0.15, 0.2) is 18.2 Å². The van der Waals surface area contributed by atoms with Crippen LogP contribution in [0.1, 0.15) is 30.2 Å². The van der Waals surface area contributed by atoms with Gasteiger partial charge in [-0.15, -0.1) is 0 Å². The molecule has 0 bridgehead atoms. The van der Waals surface area contributed by atoms with Crippen LogP contribution < -0.4 is 10.1 Å². The summed E-state index contributed by atoms with van der Waals surface area (Å²) >= 11 is 6.03. The van der Waals surface area contributed by atoms with Crippen molar-refractivity contribution in [1.82, 2.24) is 4.98 Å². The van der Waals surface area contributed by atoms with E-state index in [1.807, 2.05) is 20.8 Å². The van der Waals surface area contributed by atoms with Gasteiger partial charge in [-0.3, -0.25) is 10.1 Å². The van der Waals surface area contributed by atoms with E-state index in [9.17, 15) is 15.2 Å². The summed E-state index contributed by atoms with van der Waals surface area (Å²) in [5, 5.41) is 24.7. The average molecular weight is 380 g/mol. The Balaban J connectivity index is 2.55. The van der Waals surface area contributed by atoms with Crippen LogP contribution in [0.5, 0.6) is 11.6 Å². The summed E-state index contributed by atoms with van der Waals surface area (Å²) in [6.07, 6.45) is 0.612. The highest BCUT2D eigenvalue weighted by Crippen LogP contribution is 2.39. The van der Waals surface area contributed by atoms with Crippen LogP contribution in [0.4, 0.5) is 11.4 Å². The number of halogens is 1. The third-order valence-corrected chi connectivity index (χ3v) is 4.19. The number of aliphatic hydroxyl groups is 1. The molecule has 8 heteroatoms. The van der Waals surface area contributed by atoms with Crippen LogP contribution in [0.25, 0.3) is 0 Å². The summed E-state index contributed by atoms with van der Waals surface area (Å²) in [6.45, 7) is 7.09. The first-order chi connectivity index (χ1) is 12.3. The molecule has 1 unspecified atom stereocenters. The van der Waals surface area contributed by atoms with Crippen molar-refractivity contribution in [2.24, 2.45) is 0 Å². The topological polar surface area (TPSA) is 97.5 Å². The molecule has 0 aliphatic carbocycles. The van der Waals surface area contributed by atoms with Crippen molar-refractivity contribution in [3.63, 3.8) is 0 Å². The second kappa shape index (κ2) is 8.33. The maximum atomic E-state index is 11.7. The Morgan fingerprint density at radius 3 is 2.42 bits per heavy atom. The highest BCUT2D eigenvalue weighted by Gasteiger charge is 2.26. The van der Waals surface area contributed by atoms with Gasteiger partial charge in [0.25, 0.3) is 0 Å².